The van der Waals surface area contributed by atoms with Crippen LogP contribution in [0.3, 0.4) is 0 Å². The molecule has 0 saturated carbocycles. The molecule has 3 nitrogen and oxygen atoms in total. The van der Waals surface area contributed by atoms with Crippen LogP contribution in [0.2, 0.25) is 0 Å². The van der Waals surface area contributed by atoms with Crippen molar-refractivity contribution in [1.82, 2.24) is 0 Å². The second-order valence-corrected chi connectivity index (χ2v) is 4.77. The van der Waals surface area contributed by atoms with E-state index in [1.165, 1.54) is 11.3 Å². The summed E-state index contributed by atoms with van der Waals surface area (Å²) < 4.78 is 5.34. The topological polar surface area (TPSA) is 49.4 Å². The molecule has 1 aromatic heterocycles. The minimum Gasteiger partial charge on any atom is -0.545 e. The third-order valence-corrected chi connectivity index (χ3v) is 3.41. The zero-order chi connectivity index (χ0) is 13.7. The van der Waals surface area contributed by atoms with Gasteiger partial charge in [0.15, 0.2) is 0 Å². The fourth-order valence-electron chi connectivity index (χ4n) is 1.66. The molecule has 19 heavy (non-hydrogen) atoms. The zero-order valence-electron chi connectivity index (χ0n) is 10.5. The molecule has 0 N–H and O–H groups in total. The van der Waals surface area contributed by atoms with Crippen LogP contribution in [0.5, 0.6) is 5.75 Å². The van der Waals surface area contributed by atoms with Gasteiger partial charge in [-0.15, -0.1) is 11.3 Å². The Morgan fingerprint density at radius 2 is 2.05 bits per heavy atom. The summed E-state index contributed by atoms with van der Waals surface area (Å²) in [7, 11) is 0. The number of hydrogen-bond donors (Lipinski definition) is 0. The first kappa shape index (κ1) is 13.4. The van der Waals surface area contributed by atoms with Crippen LogP contribution < -0.4 is 9.84 Å². The van der Waals surface area contributed by atoms with Crippen molar-refractivity contribution in [3.8, 4) is 5.75 Å². The van der Waals surface area contributed by atoms with E-state index in [0.29, 0.717) is 11.5 Å². The van der Waals surface area contributed by atoms with Gasteiger partial charge in [-0.2, -0.15) is 0 Å². The fraction of sp³-hybridized carbons (Fsp3) is 0.133. The smallest absolute Gasteiger partial charge is 0.119 e. The number of carboxylic acids is 1. The lowest BCUT2D eigenvalue weighted by atomic mass is 10.1. The molecule has 0 aliphatic heterocycles. The number of benzene rings is 1. The predicted molar refractivity (Wildman–Crippen MR) is 74.8 cm³/mol. The number of thiophene rings is 1. The second kappa shape index (κ2) is 6.20. The normalized spacial score (nSPS) is 11.3. The number of hydrogen-bond acceptors (Lipinski definition) is 4. The van der Waals surface area contributed by atoms with Crippen LogP contribution in [0.4, 0.5) is 0 Å². The summed E-state index contributed by atoms with van der Waals surface area (Å²) in [6.07, 6.45) is 1.61. The molecule has 4 heteroatoms. The maximum atomic E-state index is 11.2. The average molecular weight is 273 g/mol. The van der Waals surface area contributed by atoms with Crippen molar-refractivity contribution in [2.24, 2.45) is 0 Å². The monoisotopic (exact) mass is 273 g/mol. The van der Waals surface area contributed by atoms with Gasteiger partial charge in [0, 0.05) is 10.5 Å². The highest BCUT2D eigenvalue weighted by Gasteiger charge is 2.04. The molecule has 0 radical (unpaired) electrons. The van der Waals surface area contributed by atoms with Crippen LogP contribution >= 0.6 is 11.3 Å². The number of carbonyl (C=O) groups is 1. The Kier molecular flexibility index (Phi) is 4.36. The summed E-state index contributed by atoms with van der Waals surface area (Å²) in [5, 5.41) is 13.0. The number of aliphatic carboxylic acids is 1. The molecule has 0 saturated heterocycles. The lowest BCUT2D eigenvalue weighted by Crippen LogP contribution is -2.23. The quantitative estimate of drug-likeness (QED) is 0.786. The fourth-order valence-corrected chi connectivity index (χ4v) is 2.39. The van der Waals surface area contributed by atoms with Gasteiger partial charge in [0.2, 0.25) is 0 Å². The zero-order valence-corrected chi connectivity index (χ0v) is 11.3. The SMILES string of the molecule is CCOc1ccc(/C=C(\C(=O)[O-])c2cccs2)cc1. The number of carbonyl (C=O) groups excluding carboxylic acids is 1. The maximum absolute atomic E-state index is 11.2. The van der Waals surface area contributed by atoms with Gasteiger partial charge in [0.25, 0.3) is 0 Å². The highest BCUT2D eigenvalue weighted by molar-refractivity contribution is 7.11. The van der Waals surface area contributed by atoms with Gasteiger partial charge in [-0.25, -0.2) is 0 Å². The molecule has 0 atom stereocenters. The van der Waals surface area contributed by atoms with E-state index in [0.717, 1.165) is 11.3 Å². The third kappa shape index (κ3) is 3.45. The van der Waals surface area contributed by atoms with Gasteiger partial charge in [0.1, 0.15) is 5.75 Å². The molecule has 0 bridgehead atoms. The number of carboxylic acid groups (broad SMARTS) is 1. The summed E-state index contributed by atoms with van der Waals surface area (Å²) in [6, 6.07) is 10.9. The highest BCUT2D eigenvalue weighted by Crippen LogP contribution is 2.23. The average Bonchev–Trinajstić information content (AvgIpc) is 2.91. The number of ether oxygens (including phenoxy) is 1. The van der Waals surface area contributed by atoms with E-state index in [1.54, 1.807) is 12.1 Å². The van der Waals surface area contributed by atoms with Gasteiger partial charge in [-0.05, 0) is 42.1 Å². The predicted octanol–water partition coefficient (Wildman–Crippen LogP) is 2.44. The van der Waals surface area contributed by atoms with Gasteiger partial charge in [-0.3, -0.25) is 0 Å². The summed E-state index contributed by atoms with van der Waals surface area (Å²) in [5.41, 5.74) is 0.996. The van der Waals surface area contributed by atoms with Crippen LogP contribution in [-0.2, 0) is 4.79 Å². The minimum absolute atomic E-state index is 0.194. The van der Waals surface area contributed by atoms with Crippen LogP contribution in [0.1, 0.15) is 17.4 Å². The van der Waals surface area contributed by atoms with E-state index in [2.05, 4.69) is 0 Å². The van der Waals surface area contributed by atoms with Gasteiger partial charge < -0.3 is 14.6 Å². The maximum Gasteiger partial charge on any atom is 0.119 e. The van der Waals surface area contributed by atoms with Crippen molar-refractivity contribution in [3.63, 3.8) is 0 Å². The second-order valence-electron chi connectivity index (χ2n) is 3.82. The van der Waals surface area contributed by atoms with E-state index >= 15 is 0 Å². The molecule has 0 aliphatic rings. The van der Waals surface area contributed by atoms with E-state index in [1.807, 2.05) is 42.6 Å². The van der Waals surface area contributed by atoms with Crippen LogP contribution in [0, 0.1) is 0 Å². The summed E-state index contributed by atoms with van der Waals surface area (Å²) in [6.45, 7) is 2.52. The van der Waals surface area contributed by atoms with Gasteiger partial charge in [-0.1, -0.05) is 18.2 Å². The lowest BCUT2D eigenvalue weighted by Gasteiger charge is -2.07. The summed E-state index contributed by atoms with van der Waals surface area (Å²) in [5.74, 6) is -0.401. The Bertz CT molecular complexity index is 568. The standard InChI is InChI=1S/C15H14O3S/c1-2-18-12-7-5-11(6-8-12)10-13(15(16)17)14-4-3-9-19-14/h3-10H,2H2,1H3,(H,16,17)/p-1/b13-10-. The molecule has 1 aromatic carbocycles. The van der Waals surface area contributed by atoms with E-state index in [4.69, 9.17) is 4.74 Å². The first-order valence-corrected chi connectivity index (χ1v) is 6.78. The van der Waals surface area contributed by atoms with Gasteiger partial charge in [0.05, 0.1) is 12.6 Å². The number of rotatable bonds is 5. The minimum atomic E-state index is -1.17. The first-order valence-electron chi connectivity index (χ1n) is 5.90. The largest absolute Gasteiger partial charge is 0.545 e. The Morgan fingerprint density at radius 1 is 1.32 bits per heavy atom. The first-order chi connectivity index (χ1) is 9.20. The van der Waals surface area contributed by atoms with Crippen molar-refractivity contribution in [2.45, 2.75) is 6.92 Å². The molecule has 98 valence electrons. The molecule has 0 fully saturated rings. The van der Waals surface area contributed by atoms with Crippen LogP contribution in [0.15, 0.2) is 41.8 Å². The van der Waals surface area contributed by atoms with Gasteiger partial charge >= 0.3 is 0 Å². The van der Waals surface area contributed by atoms with E-state index in [9.17, 15) is 9.90 Å². The molecule has 2 rings (SSSR count). The molecule has 2 aromatic rings. The Hall–Kier alpha value is -2.07. The van der Waals surface area contributed by atoms with Crippen molar-refractivity contribution in [3.05, 3.63) is 52.2 Å². The summed E-state index contributed by atoms with van der Waals surface area (Å²) in [4.78, 5) is 11.9. The molecule has 0 aliphatic carbocycles. The summed E-state index contributed by atoms with van der Waals surface area (Å²) >= 11 is 1.38. The third-order valence-electron chi connectivity index (χ3n) is 2.51. The van der Waals surface area contributed by atoms with Crippen LogP contribution in [-0.4, -0.2) is 12.6 Å². The van der Waals surface area contributed by atoms with Crippen LogP contribution in [0.25, 0.3) is 11.6 Å². The Balaban J connectivity index is 2.29. The van der Waals surface area contributed by atoms with Crippen molar-refractivity contribution < 1.29 is 14.6 Å². The van der Waals surface area contributed by atoms with E-state index in [-0.39, 0.29) is 5.57 Å². The Labute approximate surface area is 115 Å². The molecular weight excluding hydrogens is 260 g/mol. The Morgan fingerprint density at radius 3 is 2.58 bits per heavy atom. The molecule has 0 amide bonds. The molecule has 0 unspecified atom stereocenters. The molecule has 0 spiro atoms. The van der Waals surface area contributed by atoms with Crippen molar-refractivity contribution in [2.75, 3.05) is 6.61 Å². The van der Waals surface area contributed by atoms with Crippen molar-refractivity contribution >= 4 is 29.0 Å². The van der Waals surface area contributed by atoms with Crippen molar-refractivity contribution in [1.29, 1.82) is 0 Å². The molecule has 1 heterocycles. The van der Waals surface area contributed by atoms with E-state index < -0.39 is 5.97 Å². The molecular formula is C15H13O3S-. The lowest BCUT2D eigenvalue weighted by molar-refractivity contribution is -0.295. The highest BCUT2D eigenvalue weighted by atomic mass is 32.1.